The summed E-state index contributed by atoms with van der Waals surface area (Å²) in [7, 11) is 0. The molecule has 0 atom stereocenters. The lowest BCUT2D eigenvalue weighted by Gasteiger charge is -2.37. The third-order valence-corrected chi connectivity index (χ3v) is 5.19. The first-order chi connectivity index (χ1) is 13.8. The smallest absolute Gasteiger partial charge is 0.233 e. The first kappa shape index (κ1) is 16.6. The minimum atomic E-state index is 0.0968. The molecule has 1 amide bonds. The Bertz CT molecular complexity index is 1130. The van der Waals surface area contributed by atoms with Gasteiger partial charge in [-0.15, -0.1) is 0 Å². The molecule has 0 saturated carbocycles. The van der Waals surface area contributed by atoms with E-state index in [2.05, 4.69) is 33.3 Å². The van der Waals surface area contributed by atoms with Gasteiger partial charge in [0.25, 0.3) is 0 Å². The highest BCUT2D eigenvalue weighted by Gasteiger charge is 2.35. The van der Waals surface area contributed by atoms with Gasteiger partial charge in [-0.1, -0.05) is 47.6 Å². The van der Waals surface area contributed by atoms with E-state index in [-0.39, 0.29) is 11.8 Å². The third kappa shape index (κ3) is 3.03. The van der Waals surface area contributed by atoms with Crippen LogP contribution in [0, 0.1) is 0 Å². The summed E-state index contributed by atoms with van der Waals surface area (Å²) >= 11 is 0. The van der Waals surface area contributed by atoms with Gasteiger partial charge in [-0.05, 0) is 28.5 Å². The molecule has 0 aliphatic carbocycles. The lowest BCUT2D eigenvalue weighted by Crippen LogP contribution is -2.49. The van der Waals surface area contributed by atoms with Crippen molar-refractivity contribution in [2.24, 2.45) is 0 Å². The zero-order chi connectivity index (χ0) is 18.9. The molecule has 3 heterocycles. The van der Waals surface area contributed by atoms with E-state index in [4.69, 9.17) is 4.52 Å². The van der Waals surface area contributed by atoms with E-state index in [0.29, 0.717) is 31.2 Å². The van der Waals surface area contributed by atoms with Crippen molar-refractivity contribution in [1.29, 1.82) is 0 Å². The molecule has 1 saturated heterocycles. The SMILES string of the molecule is O=C(Cc1cccc2ccccc12)N1CC(c2nc(-c3ccncc3)no2)C1. The Morgan fingerprint density at radius 2 is 1.82 bits per heavy atom. The van der Waals surface area contributed by atoms with Gasteiger partial charge in [0.05, 0.1) is 12.3 Å². The maximum atomic E-state index is 12.7. The predicted molar refractivity (Wildman–Crippen MR) is 105 cm³/mol. The molecule has 1 fully saturated rings. The first-order valence-electron chi connectivity index (χ1n) is 9.26. The molecule has 1 aliphatic heterocycles. The normalized spacial score (nSPS) is 14.2. The Morgan fingerprint density at radius 3 is 2.68 bits per heavy atom. The average molecular weight is 370 g/mol. The molecular weight excluding hydrogens is 352 g/mol. The van der Waals surface area contributed by atoms with Crippen LogP contribution in [0.3, 0.4) is 0 Å². The van der Waals surface area contributed by atoms with Crippen LogP contribution in [-0.4, -0.2) is 39.0 Å². The van der Waals surface area contributed by atoms with Crippen LogP contribution in [0.2, 0.25) is 0 Å². The van der Waals surface area contributed by atoms with Crippen molar-refractivity contribution >= 4 is 16.7 Å². The van der Waals surface area contributed by atoms with Gasteiger partial charge in [0.15, 0.2) is 0 Å². The number of aromatic nitrogens is 3. The minimum Gasteiger partial charge on any atom is -0.341 e. The quantitative estimate of drug-likeness (QED) is 0.550. The Balaban J connectivity index is 1.24. The van der Waals surface area contributed by atoms with Gasteiger partial charge in [0.1, 0.15) is 0 Å². The maximum Gasteiger partial charge on any atom is 0.233 e. The number of amides is 1. The fourth-order valence-electron chi connectivity index (χ4n) is 3.58. The van der Waals surface area contributed by atoms with E-state index in [1.807, 2.05) is 41.3 Å². The van der Waals surface area contributed by atoms with Gasteiger partial charge in [-0.25, -0.2) is 0 Å². The van der Waals surface area contributed by atoms with E-state index in [0.717, 1.165) is 21.9 Å². The molecular formula is C22H18N4O2. The number of carbonyl (C=O) groups is 1. The van der Waals surface area contributed by atoms with Crippen molar-refractivity contribution in [3.63, 3.8) is 0 Å². The lowest BCUT2D eigenvalue weighted by molar-refractivity contribution is -0.135. The molecule has 5 rings (SSSR count). The second-order valence-electron chi connectivity index (χ2n) is 7.00. The number of rotatable bonds is 4. The molecule has 6 nitrogen and oxygen atoms in total. The van der Waals surface area contributed by atoms with Gasteiger partial charge in [-0.2, -0.15) is 4.98 Å². The Kier molecular flexibility index (Phi) is 4.09. The Hall–Kier alpha value is -3.54. The Labute approximate surface area is 161 Å². The van der Waals surface area contributed by atoms with Crippen molar-refractivity contribution in [3.05, 3.63) is 78.4 Å². The number of nitrogens with zero attached hydrogens (tertiary/aromatic N) is 4. The van der Waals surface area contributed by atoms with Crippen molar-refractivity contribution in [3.8, 4) is 11.4 Å². The van der Waals surface area contributed by atoms with E-state index in [1.165, 1.54) is 0 Å². The minimum absolute atomic E-state index is 0.0968. The van der Waals surface area contributed by atoms with Crippen LogP contribution in [0.5, 0.6) is 0 Å². The molecule has 0 spiro atoms. The molecule has 2 aromatic heterocycles. The van der Waals surface area contributed by atoms with Gasteiger partial charge in [-0.3, -0.25) is 9.78 Å². The van der Waals surface area contributed by atoms with Crippen LogP contribution in [0.1, 0.15) is 17.4 Å². The second-order valence-corrected chi connectivity index (χ2v) is 7.00. The van der Waals surface area contributed by atoms with Crippen LogP contribution >= 0.6 is 0 Å². The standard InChI is InChI=1S/C22H18N4O2/c27-20(12-17-6-3-5-15-4-1-2-7-19(15)17)26-13-18(14-26)22-24-21(25-28-22)16-8-10-23-11-9-16/h1-11,18H,12-14H2. The van der Waals surface area contributed by atoms with Crippen LogP contribution in [0.25, 0.3) is 22.2 Å². The summed E-state index contributed by atoms with van der Waals surface area (Å²) in [5, 5.41) is 6.33. The van der Waals surface area contributed by atoms with Crippen LogP contribution < -0.4 is 0 Å². The first-order valence-corrected chi connectivity index (χ1v) is 9.26. The topological polar surface area (TPSA) is 72.1 Å². The van der Waals surface area contributed by atoms with Crippen molar-refractivity contribution in [1.82, 2.24) is 20.0 Å². The third-order valence-electron chi connectivity index (χ3n) is 5.19. The van der Waals surface area contributed by atoms with Gasteiger partial charge in [0, 0.05) is 31.0 Å². The van der Waals surface area contributed by atoms with E-state index < -0.39 is 0 Å². The largest absolute Gasteiger partial charge is 0.341 e. The molecule has 1 aliphatic rings. The molecule has 0 N–H and O–H groups in total. The number of pyridine rings is 1. The highest BCUT2D eigenvalue weighted by molar-refractivity contribution is 5.90. The lowest BCUT2D eigenvalue weighted by atomic mass is 9.97. The van der Waals surface area contributed by atoms with Crippen LogP contribution in [0.4, 0.5) is 0 Å². The molecule has 2 aromatic carbocycles. The maximum absolute atomic E-state index is 12.7. The number of benzene rings is 2. The zero-order valence-electron chi connectivity index (χ0n) is 15.2. The number of carbonyl (C=O) groups excluding carboxylic acids is 1. The van der Waals surface area contributed by atoms with Crippen LogP contribution in [-0.2, 0) is 11.2 Å². The van der Waals surface area contributed by atoms with Crippen molar-refractivity contribution < 1.29 is 9.32 Å². The highest BCUT2D eigenvalue weighted by atomic mass is 16.5. The van der Waals surface area contributed by atoms with Gasteiger partial charge in [0.2, 0.25) is 17.6 Å². The second kappa shape index (κ2) is 6.88. The summed E-state index contributed by atoms with van der Waals surface area (Å²) < 4.78 is 5.41. The average Bonchev–Trinajstić information content (AvgIpc) is 3.17. The fourth-order valence-corrected chi connectivity index (χ4v) is 3.58. The molecule has 28 heavy (non-hydrogen) atoms. The van der Waals surface area contributed by atoms with Gasteiger partial charge < -0.3 is 9.42 Å². The summed E-state index contributed by atoms with van der Waals surface area (Å²) in [6.07, 6.45) is 3.80. The monoisotopic (exact) mass is 370 g/mol. The van der Waals surface area contributed by atoms with E-state index >= 15 is 0 Å². The molecule has 138 valence electrons. The predicted octanol–water partition coefficient (Wildman–Crippen LogP) is 3.45. The summed E-state index contributed by atoms with van der Waals surface area (Å²) in [4.78, 5) is 23.0. The van der Waals surface area contributed by atoms with E-state index in [1.54, 1.807) is 12.4 Å². The molecule has 6 heteroatoms. The molecule has 0 unspecified atom stereocenters. The number of hydrogen-bond acceptors (Lipinski definition) is 5. The van der Waals surface area contributed by atoms with Gasteiger partial charge >= 0.3 is 0 Å². The molecule has 4 aromatic rings. The summed E-state index contributed by atoms with van der Waals surface area (Å²) in [5.41, 5.74) is 1.93. The van der Waals surface area contributed by atoms with Crippen molar-refractivity contribution in [2.45, 2.75) is 12.3 Å². The summed E-state index contributed by atoms with van der Waals surface area (Å²) in [5.74, 6) is 1.36. The summed E-state index contributed by atoms with van der Waals surface area (Å²) in [6, 6.07) is 17.9. The van der Waals surface area contributed by atoms with Crippen LogP contribution in [0.15, 0.2) is 71.5 Å². The summed E-state index contributed by atoms with van der Waals surface area (Å²) in [6.45, 7) is 1.23. The number of likely N-dealkylation sites (tertiary alicyclic amines) is 1. The fraction of sp³-hybridized carbons (Fsp3) is 0.182. The number of hydrogen-bond donors (Lipinski definition) is 0. The highest BCUT2D eigenvalue weighted by Crippen LogP contribution is 2.28. The molecule has 0 radical (unpaired) electrons. The zero-order valence-corrected chi connectivity index (χ0v) is 15.2. The van der Waals surface area contributed by atoms with Crippen molar-refractivity contribution in [2.75, 3.05) is 13.1 Å². The molecule has 0 bridgehead atoms. The number of fused-ring (bicyclic) bond motifs is 1. The van der Waals surface area contributed by atoms with E-state index in [9.17, 15) is 4.79 Å². The Morgan fingerprint density at radius 1 is 1.04 bits per heavy atom.